The third kappa shape index (κ3) is 16.7. The molecule has 0 aliphatic carbocycles. The number of carboxylic acid groups (broad SMARTS) is 3. The summed E-state index contributed by atoms with van der Waals surface area (Å²) in [6, 6.07) is -7.89. The minimum Gasteiger partial charge on any atom is -0.550 e. The van der Waals surface area contributed by atoms with Gasteiger partial charge in [0.25, 0.3) is 0 Å². The van der Waals surface area contributed by atoms with Gasteiger partial charge in [-0.25, -0.2) is 0 Å². The molecule has 0 radical (unpaired) electrons. The topological polar surface area (TPSA) is 339 Å². The first kappa shape index (κ1) is 46.9. The van der Waals surface area contributed by atoms with Gasteiger partial charge in [-0.15, -0.1) is 0 Å². The summed E-state index contributed by atoms with van der Waals surface area (Å²) in [7, 11) is 0. The molecule has 1 aliphatic heterocycles. The first-order valence-electron chi connectivity index (χ1n) is 12.4. The second-order valence-electron chi connectivity index (χ2n) is 9.08. The van der Waals surface area contributed by atoms with E-state index >= 15 is 0 Å². The fourth-order valence-corrected chi connectivity index (χ4v) is 3.91. The third-order valence-corrected chi connectivity index (χ3v) is 5.91. The number of hydrogen-bond acceptors (Lipinski definition) is 13. The van der Waals surface area contributed by atoms with Gasteiger partial charge >= 0.3 is 88.7 Å². The molecule has 44 heavy (non-hydrogen) atoms. The van der Waals surface area contributed by atoms with Crippen LogP contribution in [0.2, 0.25) is 0 Å². The number of nitrogens with one attached hydrogen (secondary N) is 3. The van der Waals surface area contributed by atoms with Crippen molar-refractivity contribution in [2.24, 2.45) is 22.2 Å². The van der Waals surface area contributed by atoms with E-state index in [1.54, 1.807) is 0 Å². The minimum absolute atomic E-state index is 0. The molecule has 1 fully saturated rings. The van der Waals surface area contributed by atoms with Crippen LogP contribution in [0.15, 0.2) is 4.99 Å². The first-order valence-corrected chi connectivity index (χ1v) is 12.4. The molecule has 1 saturated heterocycles. The molecule has 1 aliphatic rings. The van der Waals surface area contributed by atoms with Gasteiger partial charge in [-0.05, 0) is 25.7 Å². The van der Waals surface area contributed by atoms with E-state index in [4.69, 9.17) is 17.2 Å². The molecule has 19 nitrogen and oxygen atoms in total. The van der Waals surface area contributed by atoms with Crippen LogP contribution in [0.25, 0.3) is 0 Å². The summed E-state index contributed by atoms with van der Waals surface area (Å²) in [5, 5.41) is 49.2. The summed E-state index contributed by atoms with van der Waals surface area (Å²) < 4.78 is 0. The number of guanidine groups is 1. The molecule has 0 bridgehead atoms. The van der Waals surface area contributed by atoms with Crippen LogP contribution in [0.1, 0.15) is 38.5 Å². The Labute approximate surface area is 318 Å². The van der Waals surface area contributed by atoms with E-state index < -0.39 is 91.2 Å². The minimum atomic E-state index is -1.82. The maximum Gasteiger partial charge on any atom is 1.00 e. The van der Waals surface area contributed by atoms with E-state index in [-0.39, 0.29) is 133 Å². The standard InChI is InChI=1S/C22H36N8O11.3Na/c23-10(7-15(32)33)17(36)29-13(9-31)18(37)28-12(8-16(34)35)20(39)30-6-2-4-14(30)19(38)27-11(21(40)41)3-1-5-26-22(24)25;;;/h10-14,31H,1-9,23H2,(H,27,38)(H,28,37)(H,29,36)(H,32,33)(H,34,35)(H,40,41)(H4,24,25,26);;;/q;3*+1/p-3/t10-,11-,12-,13-,14-;;;/m0.../s1. The van der Waals surface area contributed by atoms with Gasteiger partial charge in [-0.1, -0.05) is 0 Å². The monoisotopic (exact) mass is 654 g/mol. The third-order valence-electron chi connectivity index (χ3n) is 5.91. The average molecular weight is 655 g/mol. The molecule has 0 aromatic rings. The Kier molecular flexibility index (Phi) is 25.3. The predicted molar refractivity (Wildman–Crippen MR) is 130 cm³/mol. The molecule has 0 aromatic carbocycles. The fourth-order valence-electron chi connectivity index (χ4n) is 3.91. The van der Waals surface area contributed by atoms with Crippen molar-refractivity contribution < 1.29 is 143 Å². The first-order chi connectivity index (χ1) is 19.2. The number of nitrogens with two attached hydrogens (primary N) is 3. The number of carbonyl (C=O) groups excluding carboxylic acids is 7. The van der Waals surface area contributed by atoms with Crippen LogP contribution in [0, 0.1) is 0 Å². The molecule has 5 atom stereocenters. The van der Waals surface area contributed by atoms with E-state index in [1.807, 2.05) is 5.32 Å². The maximum absolute atomic E-state index is 13.2. The SMILES string of the molecule is NC(N)=NCCC[C@H](NC(=O)[C@@H]1CCCN1C(=O)[C@H](CC(=O)[O-])NC(=O)[C@H](CO)NC(=O)[C@@H](N)CC(=O)[O-])C(=O)[O-].[Na+].[Na+].[Na+]. The normalized spacial score (nSPS) is 16.1. The number of aliphatic imine (C=N–C) groups is 1. The van der Waals surface area contributed by atoms with E-state index in [0.717, 1.165) is 4.90 Å². The van der Waals surface area contributed by atoms with Gasteiger partial charge in [0.05, 0.1) is 24.7 Å². The summed E-state index contributed by atoms with van der Waals surface area (Å²) in [6.45, 7) is -1.00. The maximum atomic E-state index is 13.2. The number of likely N-dealkylation sites (tertiary alicyclic amines) is 1. The Balaban J connectivity index is -0.00000560. The fraction of sp³-hybridized carbons (Fsp3) is 0.636. The van der Waals surface area contributed by atoms with Crippen molar-refractivity contribution >= 4 is 47.5 Å². The average Bonchev–Trinajstić information content (AvgIpc) is 3.37. The molecule has 0 unspecified atom stereocenters. The Bertz CT molecular complexity index is 1050. The van der Waals surface area contributed by atoms with Crippen molar-refractivity contribution in [2.75, 3.05) is 19.7 Å². The molecule has 1 heterocycles. The van der Waals surface area contributed by atoms with Crippen molar-refractivity contribution in [3.05, 3.63) is 0 Å². The number of hydrogen-bond donors (Lipinski definition) is 7. The molecular formula is C22H33N8Na3O11. The van der Waals surface area contributed by atoms with Gasteiger partial charge in [0, 0.05) is 37.9 Å². The number of rotatable bonds is 17. The number of carboxylic acids is 3. The summed E-state index contributed by atoms with van der Waals surface area (Å²) in [5.41, 5.74) is 15.8. The molecule has 10 N–H and O–H groups in total. The Morgan fingerprint density at radius 1 is 0.864 bits per heavy atom. The molecule has 230 valence electrons. The van der Waals surface area contributed by atoms with Gasteiger partial charge < -0.3 is 72.9 Å². The Morgan fingerprint density at radius 2 is 1.43 bits per heavy atom. The zero-order chi connectivity index (χ0) is 31.3. The predicted octanol–water partition coefficient (Wildman–Crippen LogP) is -18.2. The van der Waals surface area contributed by atoms with Crippen molar-refractivity contribution in [2.45, 2.75) is 68.7 Å². The van der Waals surface area contributed by atoms with Gasteiger partial charge in [0.2, 0.25) is 23.6 Å². The van der Waals surface area contributed by atoms with Crippen LogP contribution in [0.3, 0.4) is 0 Å². The van der Waals surface area contributed by atoms with Crippen LogP contribution in [-0.2, 0) is 33.6 Å². The zero-order valence-corrected chi connectivity index (χ0v) is 30.9. The van der Waals surface area contributed by atoms with Crippen molar-refractivity contribution in [3.63, 3.8) is 0 Å². The van der Waals surface area contributed by atoms with Crippen LogP contribution in [-0.4, -0.2) is 107 Å². The van der Waals surface area contributed by atoms with Gasteiger partial charge in [0.1, 0.15) is 18.1 Å². The van der Waals surface area contributed by atoms with E-state index in [0.29, 0.717) is 0 Å². The summed E-state index contributed by atoms with van der Waals surface area (Å²) in [6.07, 6.45) is -1.52. The van der Waals surface area contributed by atoms with Crippen LogP contribution >= 0.6 is 0 Å². The van der Waals surface area contributed by atoms with Crippen molar-refractivity contribution in [1.82, 2.24) is 20.9 Å². The number of carbonyl (C=O) groups is 7. The van der Waals surface area contributed by atoms with Crippen LogP contribution in [0.5, 0.6) is 0 Å². The Hall–Kier alpha value is -1.52. The van der Waals surface area contributed by atoms with Crippen molar-refractivity contribution in [3.8, 4) is 0 Å². The molecule has 22 heteroatoms. The van der Waals surface area contributed by atoms with Crippen molar-refractivity contribution in [1.29, 1.82) is 0 Å². The number of nitrogens with zero attached hydrogens (tertiary/aromatic N) is 2. The van der Waals surface area contributed by atoms with Gasteiger partial charge in [0.15, 0.2) is 5.96 Å². The van der Waals surface area contributed by atoms with E-state index in [1.165, 1.54) is 0 Å². The van der Waals surface area contributed by atoms with Crippen LogP contribution in [0.4, 0.5) is 0 Å². The second-order valence-corrected chi connectivity index (χ2v) is 9.08. The zero-order valence-electron chi connectivity index (χ0n) is 24.9. The Morgan fingerprint density at radius 3 is 1.93 bits per heavy atom. The number of aliphatic hydroxyl groups is 1. The van der Waals surface area contributed by atoms with E-state index in [2.05, 4.69) is 15.6 Å². The molecule has 0 spiro atoms. The largest absolute Gasteiger partial charge is 1.00 e. The summed E-state index contributed by atoms with van der Waals surface area (Å²) >= 11 is 0. The summed E-state index contributed by atoms with van der Waals surface area (Å²) in [5.74, 6) is -9.49. The number of amides is 4. The second kappa shape index (κ2) is 23.8. The molecule has 4 amide bonds. The molecule has 1 rings (SSSR count). The molecule has 0 saturated carbocycles. The molecule has 0 aromatic heterocycles. The van der Waals surface area contributed by atoms with E-state index in [9.17, 15) is 54.0 Å². The number of aliphatic hydroxyl groups excluding tert-OH is 1. The summed E-state index contributed by atoms with van der Waals surface area (Å²) in [4.78, 5) is 88.9. The van der Waals surface area contributed by atoms with Crippen LogP contribution < -0.4 is 137 Å². The van der Waals surface area contributed by atoms with Gasteiger partial charge in [-0.3, -0.25) is 24.2 Å². The quantitative estimate of drug-likeness (QED) is 0.0331. The van der Waals surface area contributed by atoms with Gasteiger partial charge in [-0.2, -0.15) is 0 Å². The smallest absolute Gasteiger partial charge is 0.550 e. The number of aliphatic carboxylic acids is 3. The molecular weight excluding hydrogens is 621 g/mol.